The molecule has 0 aliphatic heterocycles. The summed E-state index contributed by atoms with van der Waals surface area (Å²) >= 11 is 0. The summed E-state index contributed by atoms with van der Waals surface area (Å²) in [7, 11) is 0. The average molecular weight is 258 g/mol. The van der Waals surface area contributed by atoms with Gasteiger partial charge in [0.25, 0.3) is 11.7 Å². The molecule has 0 bridgehead atoms. The van der Waals surface area contributed by atoms with E-state index in [1.807, 2.05) is 24.3 Å². The average Bonchev–Trinajstić information content (AvgIpc) is 3.06. The summed E-state index contributed by atoms with van der Waals surface area (Å²) in [5, 5.41) is 6.50. The Labute approximate surface area is 110 Å². The Bertz CT molecular complexity index is 604. The van der Waals surface area contributed by atoms with Crippen LogP contribution in [0, 0.1) is 0 Å². The second kappa shape index (κ2) is 4.72. The van der Waals surface area contributed by atoms with Crippen LogP contribution in [-0.4, -0.2) is 22.1 Å². The molecule has 19 heavy (non-hydrogen) atoms. The first-order chi connectivity index (χ1) is 9.20. The Balaban J connectivity index is 1.68. The van der Waals surface area contributed by atoms with E-state index in [0.717, 1.165) is 18.4 Å². The molecule has 0 radical (unpaired) electrons. The van der Waals surface area contributed by atoms with Gasteiger partial charge >= 0.3 is 0 Å². The van der Waals surface area contributed by atoms with Crippen molar-refractivity contribution < 1.29 is 9.32 Å². The summed E-state index contributed by atoms with van der Waals surface area (Å²) in [6.07, 6.45) is 2.52. The van der Waals surface area contributed by atoms with Crippen LogP contribution in [-0.2, 0) is 6.42 Å². The molecule has 1 aliphatic rings. The van der Waals surface area contributed by atoms with E-state index in [4.69, 9.17) is 10.3 Å². The van der Waals surface area contributed by atoms with Crippen molar-refractivity contribution in [1.82, 2.24) is 15.5 Å². The van der Waals surface area contributed by atoms with E-state index in [1.54, 1.807) is 0 Å². The predicted octanol–water partition coefficient (Wildman–Crippen LogP) is 1.13. The summed E-state index contributed by atoms with van der Waals surface area (Å²) in [6.45, 7) is 0. The number of aromatic nitrogens is 2. The minimum Gasteiger partial charge on any atom is -0.399 e. The van der Waals surface area contributed by atoms with Crippen LogP contribution in [0.5, 0.6) is 0 Å². The Morgan fingerprint density at radius 3 is 3.05 bits per heavy atom. The molecule has 1 saturated carbocycles. The third-order valence-corrected chi connectivity index (χ3v) is 2.89. The smallest absolute Gasteiger partial charge is 0.292 e. The summed E-state index contributed by atoms with van der Waals surface area (Å²) in [4.78, 5) is 15.8. The number of nitrogens with two attached hydrogens (primary N) is 1. The van der Waals surface area contributed by atoms with E-state index in [-0.39, 0.29) is 17.8 Å². The number of rotatable bonds is 4. The Morgan fingerprint density at radius 1 is 1.47 bits per heavy atom. The number of hydrogen-bond acceptors (Lipinski definition) is 5. The summed E-state index contributed by atoms with van der Waals surface area (Å²) in [6, 6.07) is 7.72. The molecule has 3 N–H and O–H groups in total. The third kappa shape index (κ3) is 2.90. The topological polar surface area (TPSA) is 94.0 Å². The molecule has 1 fully saturated rings. The van der Waals surface area contributed by atoms with Crippen LogP contribution in [0.15, 0.2) is 28.8 Å². The van der Waals surface area contributed by atoms with Crippen LogP contribution in [0.2, 0.25) is 0 Å². The number of anilines is 1. The number of hydrogen-bond donors (Lipinski definition) is 2. The van der Waals surface area contributed by atoms with Crippen molar-refractivity contribution in [2.45, 2.75) is 25.3 Å². The highest BCUT2D eigenvalue weighted by Crippen LogP contribution is 2.19. The van der Waals surface area contributed by atoms with Gasteiger partial charge in [0.15, 0.2) is 0 Å². The minimum absolute atomic E-state index is 0.0887. The Kier molecular flexibility index (Phi) is 2.91. The first-order valence-electron chi connectivity index (χ1n) is 6.18. The minimum atomic E-state index is -0.273. The predicted molar refractivity (Wildman–Crippen MR) is 68.4 cm³/mol. The molecule has 1 aliphatic carbocycles. The first-order valence-corrected chi connectivity index (χ1v) is 6.18. The molecule has 3 rings (SSSR count). The molecule has 98 valence electrons. The standard InChI is InChI=1S/C13H14N4O2/c14-9-3-1-2-8(6-9)7-11-16-12(17-19-11)13(18)15-10-4-5-10/h1-3,6,10H,4-5,7,14H2,(H,15,18). The number of nitrogens with zero attached hydrogens (tertiary/aromatic N) is 2. The highest BCUT2D eigenvalue weighted by molar-refractivity contribution is 5.90. The van der Waals surface area contributed by atoms with Crippen LogP contribution in [0.4, 0.5) is 5.69 Å². The fourth-order valence-electron chi connectivity index (χ4n) is 1.77. The number of carbonyl (C=O) groups is 1. The fraction of sp³-hybridized carbons (Fsp3) is 0.308. The molecule has 0 unspecified atom stereocenters. The van der Waals surface area contributed by atoms with Gasteiger partial charge in [-0.05, 0) is 30.5 Å². The number of nitrogen functional groups attached to an aromatic ring is 1. The molecule has 0 saturated heterocycles. The maximum Gasteiger partial charge on any atom is 0.292 e. The van der Waals surface area contributed by atoms with Crippen molar-refractivity contribution in [2.75, 3.05) is 5.73 Å². The van der Waals surface area contributed by atoms with Crippen molar-refractivity contribution >= 4 is 11.6 Å². The molecular formula is C13H14N4O2. The summed E-state index contributed by atoms with van der Waals surface area (Å²) in [5.41, 5.74) is 7.35. The van der Waals surface area contributed by atoms with Gasteiger partial charge in [-0.3, -0.25) is 4.79 Å². The molecular weight excluding hydrogens is 244 g/mol. The van der Waals surface area contributed by atoms with Crippen LogP contribution >= 0.6 is 0 Å². The summed E-state index contributed by atoms with van der Waals surface area (Å²) in [5.74, 6) is 0.224. The lowest BCUT2D eigenvalue weighted by molar-refractivity contribution is 0.0937. The lowest BCUT2D eigenvalue weighted by atomic mass is 10.1. The van der Waals surface area contributed by atoms with Gasteiger partial charge in [0.2, 0.25) is 5.89 Å². The normalized spacial score (nSPS) is 14.3. The van der Waals surface area contributed by atoms with E-state index in [1.165, 1.54) is 0 Å². The molecule has 1 aromatic heterocycles. The molecule has 1 heterocycles. The van der Waals surface area contributed by atoms with Gasteiger partial charge in [0.05, 0.1) is 6.42 Å². The van der Waals surface area contributed by atoms with E-state index < -0.39 is 0 Å². The van der Waals surface area contributed by atoms with Gasteiger partial charge in [-0.15, -0.1) is 0 Å². The molecule has 2 aromatic rings. The van der Waals surface area contributed by atoms with E-state index in [2.05, 4.69) is 15.5 Å². The molecule has 6 nitrogen and oxygen atoms in total. The van der Waals surface area contributed by atoms with E-state index >= 15 is 0 Å². The molecule has 0 atom stereocenters. The van der Waals surface area contributed by atoms with Gasteiger partial charge in [0.1, 0.15) is 0 Å². The van der Waals surface area contributed by atoms with Crippen molar-refractivity contribution in [1.29, 1.82) is 0 Å². The van der Waals surface area contributed by atoms with Crippen LogP contribution < -0.4 is 11.1 Å². The van der Waals surface area contributed by atoms with Crippen LogP contribution in [0.1, 0.15) is 34.9 Å². The second-order valence-corrected chi connectivity index (χ2v) is 4.68. The molecule has 0 spiro atoms. The van der Waals surface area contributed by atoms with E-state index in [9.17, 15) is 4.79 Å². The SMILES string of the molecule is Nc1cccc(Cc2nc(C(=O)NC3CC3)no2)c1. The van der Waals surface area contributed by atoms with Crippen molar-refractivity contribution in [3.63, 3.8) is 0 Å². The zero-order chi connectivity index (χ0) is 13.2. The van der Waals surface area contributed by atoms with Crippen molar-refractivity contribution in [3.05, 3.63) is 41.5 Å². The molecule has 1 aromatic carbocycles. The van der Waals surface area contributed by atoms with Crippen LogP contribution in [0.25, 0.3) is 0 Å². The number of benzene rings is 1. The number of amides is 1. The Morgan fingerprint density at radius 2 is 2.32 bits per heavy atom. The van der Waals surface area contributed by atoms with Crippen molar-refractivity contribution in [2.24, 2.45) is 0 Å². The lowest BCUT2D eigenvalue weighted by Gasteiger charge is -1.98. The number of carbonyl (C=O) groups excluding carboxylic acids is 1. The zero-order valence-electron chi connectivity index (χ0n) is 10.3. The fourth-order valence-corrected chi connectivity index (χ4v) is 1.77. The maximum absolute atomic E-state index is 11.7. The summed E-state index contributed by atoms with van der Waals surface area (Å²) < 4.78 is 5.07. The van der Waals surface area contributed by atoms with Crippen molar-refractivity contribution in [3.8, 4) is 0 Å². The lowest BCUT2D eigenvalue weighted by Crippen LogP contribution is -2.26. The van der Waals surface area contributed by atoms with Crippen LogP contribution in [0.3, 0.4) is 0 Å². The molecule has 1 amide bonds. The number of nitrogens with one attached hydrogen (secondary N) is 1. The van der Waals surface area contributed by atoms with Gasteiger partial charge in [-0.1, -0.05) is 17.3 Å². The second-order valence-electron chi connectivity index (χ2n) is 4.68. The Hall–Kier alpha value is -2.37. The van der Waals surface area contributed by atoms with Gasteiger partial charge in [-0.25, -0.2) is 0 Å². The van der Waals surface area contributed by atoms with Gasteiger partial charge < -0.3 is 15.6 Å². The van der Waals surface area contributed by atoms with Gasteiger partial charge in [-0.2, -0.15) is 4.98 Å². The quantitative estimate of drug-likeness (QED) is 0.802. The highest BCUT2D eigenvalue weighted by atomic mass is 16.5. The monoisotopic (exact) mass is 258 g/mol. The largest absolute Gasteiger partial charge is 0.399 e. The first kappa shape index (κ1) is 11.7. The maximum atomic E-state index is 11.7. The molecule has 6 heteroatoms. The third-order valence-electron chi connectivity index (χ3n) is 2.89. The van der Waals surface area contributed by atoms with Gasteiger partial charge in [0, 0.05) is 11.7 Å². The van der Waals surface area contributed by atoms with E-state index in [0.29, 0.717) is 18.0 Å². The highest BCUT2D eigenvalue weighted by Gasteiger charge is 2.26. The zero-order valence-corrected chi connectivity index (χ0v) is 10.3.